The molecule has 1 aliphatic rings. The van der Waals surface area contributed by atoms with E-state index in [0.29, 0.717) is 18.1 Å². The predicted molar refractivity (Wildman–Crippen MR) is 88.8 cm³/mol. The Morgan fingerprint density at radius 2 is 2.16 bits per heavy atom. The molecule has 0 N–H and O–H groups in total. The molecule has 4 rings (SSSR count). The molecule has 1 aliphatic heterocycles. The number of nitrogens with zero attached hydrogens (tertiary/aromatic N) is 8. The average molecular weight is 340 g/mol. The summed E-state index contributed by atoms with van der Waals surface area (Å²) in [5.41, 5.74) is 0. The number of amides is 1. The standard InChI is InChI=1S/C16H20N8O/c1-11-18-12(2)24(20-11)13-5-3-7-22(10-13)15(25)9-14-19-16-17-6-4-8-23(16)21-14/h4,6,8,13H,3,5,7,9-10H2,1-2H3/t13-/m0/s1. The van der Waals surface area contributed by atoms with E-state index in [4.69, 9.17) is 0 Å². The van der Waals surface area contributed by atoms with Gasteiger partial charge >= 0.3 is 0 Å². The van der Waals surface area contributed by atoms with Crippen molar-refractivity contribution in [2.75, 3.05) is 13.1 Å². The molecule has 1 fully saturated rings. The Bertz CT molecular complexity index is 881. The van der Waals surface area contributed by atoms with Gasteiger partial charge in [-0.15, -0.1) is 5.10 Å². The van der Waals surface area contributed by atoms with Crippen molar-refractivity contribution in [3.63, 3.8) is 0 Å². The Kier molecular flexibility index (Phi) is 3.90. The summed E-state index contributed by atoms with van der Waals surface area (Å²) in [7, 11) is 0. The highest BCUT2D eigenvalue weighted by Crippen LogP contribution is 2.22. The maximum absolute atomic E-state index is 12.7. The fourth-order valence-electron chi connectivity index (χ4n) is 3.36. The van der Waals surface area contributed by atoms with Crippen LogP contribution in [-0.2, 0) is 11.2 Å². The van der Waals surface area contributed by atoms with Gasteiger partial charge in [0, 0.05) is 25.5 Å². The number of carbonyl (C=O) groups excluding carboxylic acids is 1. The van der Waals surface area contributed by atoms with Gasteiger partial charge in [-0.1, -0.05) is 0 Å². The minimum Gasteiger partial charge on any atom is -0.340 e. The van der Waals surface area contributed by atoms with Crippen molar-refractivity contribution in [3.8, 4) is 0 Å². The van der Waals surface area contributed by atoms with Crippen molar-refractivity contribution in [2.24, 2.45) is 0 Å². The minimum absolute atomic E-state index is 0.0371. The molecule has 9 nitrogen and oxygen atoms in total. The zero-order valence-corrected chi connectivity index (χ0v) is 14.3. The Balaban J connectivity index is 1.47. The van der Waals surface area contributed by atoms with Crippen LogP contribution in [0.1, 0.15) is 36.4 Å². The number of aromatic nitrogens is 7. The molecule has 0 aromatic carbocycles. The maximum Gasteiger partial charge on any atom is 0.252 e. The molecule has 1 saturated heterocycles. The molecule has 1 amide bonds. The van der Waals surface area contributed by atoms with E-state index in [1.165, 1.54) is 0 Å². The normalized spacial score (nSPS) is 18.0. The van der Waals surface area contributed by atoms with Crippen molar-refractivity contribution < 1.29 is 4.79 Å². The zero-order chi connectivity index (χ0) is 17.4. The molecule has 1 atom stereocenters. The molecule has 0 unspecified atom stereocenters. The quantitative estimate of drug-likeness (QED) is 0.698. The first-order valence-corrected chi connectivity index (χ1v) is 8.44. The van der Waals surface area contributed by atoms with Gasteiger partial charge in [-0.2, -0.15) is 10.1 Å². The molecule has 0 aliphatic carbocycles. The highest BCUT2D eigenvalue weighted by molar-refractivity contribution is 5.78. The van der Waals surface area contributed by atoms with Crippen molar-refractivity contribution in [1.29, 1.82) is 0 Å². The smallest absolute Gasteiger partial charge is 0.252 e. The monoisotopic (exact) mass is 340 g/mol. The Morgan fingerprint density at radius 3 is 2.92 bits per heavy atom. The molecular weight excluding hydrogens is 320 g/mol. The summed E-state index contributed by atoms with van der Waals surface area (Å²) < 4.78 is 3.53. The number of hydrogen-bond donors (Lipinski definition) is 0. The first-order valence-electron chi connectivity index (χ1n) is 8.44. The van der Waals surface area contributed by atoms with Crippen LogP contribution in [0.3, 0.4) is 0 Å². The highest BCUT2D eigenvalue weighted by atomic mass is 16.2. The van der Waals surface area contributed by atoms with Gasteiger partial charge in [-0.05, 0) is 32.8 Å². The summed E-state index contributed by atoms with van der Waals surface area (Å²) in [6, 6.07) is 1.96. The van der Waals surface area contributed by atoms with Crippen molar-refractivity contribution in [1.82, 2.24) is 39.2 Å². The second-order valence-electron chi connectivity index (χ2n) is 6.36. The lowest BCUT2D eigenvalue weighted by atomic mass is 10.1. The number of likely N-dealkylation sites (tertiary alicyclic amines) is 1. The van der Waals surface area contributed by atoms with Crippen LogP contribution in [0.4, 0.5) is 0 Å². The van der Waals surface area contributed by atoms with E-state index in [-0.39, 0.29) is 18.4 Å². The summed E-state index contributed by atoms with van der Waals surface area (Å²) >= 11 is 0. The van der Waals surface area contributed by atoms with E-state index in [1.54, 1.807) is 23.0 Å². The fourth-order valence-corrected chi connectivity index (χ4v) is 3.36. The van der Waals surface area contributed by atoms with E-state index in [9.17, 15) is 4.79 Å². The first kappa shape index (κ1) is 15.7. The predicted octanol–water partition coefficient (Wildman–Crippen LogP) is 0.739. The van der Waals surface area contributed by atoms with Crippen LogP contribution in [0.15, 0.2) is 18.5 Å². The molecule has 0 bridgehead atoms. The van der Waals surface area contributed by atoms with Crippen LogP contribution in [0.5, 0.6) is 0 Å². The van der Waals surface area contributed by atoms with Gasteiger partial charge in [-0.3, -0.25) is 4.79 Å². The molecule has 25 heavy (non-hydrogen) atoms. The summed E-state index contributed by atoms with van der Waals surface area (Å²) in [5.74, 6) is 2.71. The van der Waals surface area contributed by atoms with Crippen LogP contribution >= 0.6 is 0 Å². The number of piperidine rings is 1. The van der Waals surface area contributed by atoms with Gasteiger partial charge in [0.2, 0.25) is 5.91 Å². The lowest BCUT2D eigenvalue weighted by Gasteiger charge is -2.33. The lowest BCUT2D eigenvalue weighted by Crippen LogP contribution is -2.42. The van der Waals surface area contributed by atoms with Gasteiger partial charge in [-0.25, -0.2) is 19.2 Å². The number of hydrogen-bond acceptors (Lipinski definition) is 6. The van der Waals surface area contributed by atoms with Gasteiger partial charge < -0.3 is 4.90 Å². The minimum atomic E-state index is 0.0371. The Morgan fingerprint density at radius 1 is 1.28 bits per heavy atom. The van der Waals surface area contributed by atoms with Crippen LogP contribution in [-0.4, -0.2) is 58.2 Å². The second kappa shape index (κ2) is 6.23. The SMILES string of the molecule is Cc1nc(C)n([C@H]2CCCN(C(=O)Cc3nc4ncccn4n3)C2)n1. The van der Waals surface area contributed by atoms with E-state index in [2.05, 4.69) is 25.1 Å². The molecule has 130 valence electrons. The molecule has 3 aromatic heterocycles. The highest BCUT2D eigenvalue weighted by Gasteiger charge is 2.27. The maximum atomic E-state index is 12.7. The molecule has 4 heterocycles. The van der Waals surface area contributed by atoms with Gasteiger partial charge in [0.05, 0.1) is 12.5 Å². The van der Waals surface area contributed by atoms with Crippen LogP contribution < -0.4 is 0 Å². The zero-order valence-electron chi connectivity index (χ0n) is 14.3. The Labute approximate surface area is 144 Å². The van der Waals surface area contributed by atoms with Crippen LogP contribution in [0, 0.1) is 13.8 Å². The molecule has 9 heteroatoms. The second-order valence-corrected chi connectivity index (χ2v) is 6.36. The number of carbonyl (C=O) groups is 1. The first-order chi connectivity index (χ1) is 12.1. The van der Waals surface area contributed by atoms with Crippen molar-refractivity contribution in [2.45, 2.75) is 39.2 Å². The number of aryl methyl sites for hydroxylation is 2. The molecule has 0 saturated carbocycles. The summed E-state index contributed by atoms with van der Waals surface area (Å²) in [4.78, 5) is 27.4. The van der Waals surface area contributed by atoms with Crippen LogP contribution in [0.2, 0.25) is 0 Å². The lowest BCUT2D eigenvalue weighted by molar-refractivity contribution is -0.132. The van der Waals surface area contributed by atoms with Gasteiger partial charge in [0.15, 0.2) is 5.82 Å². The molecule has 0 radical (unpaired) electrons. The number of fused-ring (bicyclic) bond motifs is 1. The average Bonchev–Trinajstić information content (AvgIpc) is 3.16. The van der Waals surface area contributed by atoms with Gasteiger partial charge in [0.25, 0.3) is 5.78 Å². The van der Waals surface area contributed by atoms with Crippen molar-refractivity contribution in [3.05, 3.63) is 35.9 Å². The fraction of sp³-hybridized carbons (Fsp3) is 0.500. The molecular formula is C16H20N8O. The Hall–Kier alpha value is -2.84. The van der Waals surface area contributed by atoms with Crippen molar-refractivity contribution >= 4 is 11.7 Å². The van der Waals surface area contributed by atoms with E-state index in [1.807, 2.05) is 23.4 Å². The largest absolute Gasteiger partial charge is 0.340 e. The summed E-state index contributed by atoms with van der Waals surface area (Å²) in [5, 5.41) is 8.78. The molecule has 3 aromatic rings. The van der Waals surface area contributed by atoms with Gasteiger partial charge in [0.1, 0.15) is 11.6 Å². The topological polar surface area (TPSA) is 94.1 Å². The molecule has 0 spiro atoms. The van der Waals surface area contributed by atoms with Crippen LogP contribution in [0.25, 0.3) is 5.78 Å². The third kappa shape index (κ3) is 3.09. The van der Waals surface area contributed by atoms with E-state index >= 15 is 0 Å². The third-order valence-corrected chi connectivity index (χ3v) is 4.47. The summed E-state index contributed by atoms with van der Waals surface area (Å²) in [6.45, 7) is 5.24. The van der Waals surface area contributed by atoms with E-state index < -0.39 is 0 Å². The number of rotatable bonds is 3. The van der Waals surface area contributed by atoms with E-state index in [0.717, 1.165) is 31.0 Å². The third-order valence-electron chi connectivity index (χ3n) is 4.47. The summed E-state index contributed by atoms with van der Waals surface area (Å²) in [6.07, 6.45) is 5.58.